The minimum atomic E-state index is -3.66. The van der Waals surface area contributed by atoms with Crippen molar-refractivity contribution >= 4 is 45.2 Å². The fraction of sp³-hybridized carbons (Fsp3) is 0.400. The Morgan fingerprint density at radius 1 is 1.13 bits per heavy atom. The van der Waals surface area contributed by atoms with E-state index >= 15 is 0 Å². The van der Waals surface area contributed by atoms with Crippen LogP contribution in [0.25, 0.3) is 0 Å². The number of anilines is 1. The normalized spacial score (nSPS) is 14.6. The number of hydrogen-bond donors (Lipinski definition) is 3. The highest BCUT2D eigenvalue weighted by molar-refractivity contribution is 7.85. The standard InChI is InChI=1S/C23H29ClN6O2.C2H6O3S/c1-5-29(6-2)20(31)16-9-7-8-15(12-16)14-32-19-11-10-17(13-18(19)24)30-22(26)27-21(25)28-23(30,3)4;1-2-6(3,4)5/h7-13H,5-6,14H2,1-4H3,(H4,25,26,27,28);2H2,1H3,(H,3,4,5). The Morgan fingerprint density at radius 3 is 2.29 bits per heavy atom. The molecule has 3 rings (SSSR count). The zero-order valence-electron chi connectivity index (χ0n) is 22.2. The van der Waals surface area contributed by atoms with Crippen LogP contribution in [0.15, 0.2) is 52.4 Å². The number of carbonyl (C=O) groups excluding carboxylic acids is 1. The molecule has 1 aliphatic heterocycles. The molecule has 5 N–H and O–H groups in total. The fourth-order valence-electron chi connectivity index (χ4n) is 3.65. The van der Waals surface area contributed by atoms with Crippen molar-refractivity contribution in [2.45, 2.75) is 46.9 Å². The summed E-state index contributed by atoms with van der Waals surface area (Å²) in [6.45, 7) is 10.7. The summed E-state index contributed by atoms with van der Waals surface area (Å²) in [7, 11) is -3.66. The molecule has 1 aliphatic rings. The Balaban J connectivity index is 0.000000757. The number of rotatable bonds is 8. The molecule has 0 saturated carbocycles. The molecule has 1 heterocycles. The average molecular weight is 567 g/mol. The predicted octanol–water partition coefficient (Wildman–Crippen LogP) is 3.48. The molecule has 13 heteroatoms. The monoisotopic (exact) mass is 566 g/mol. The van der Waals surface area contributed by atoms with Gasteiger partial charge >= 0.3 is 0 Å². The molecule has 2 aromatic rings. The van der Waals surface area contributed by atoms with E-state index in [0.29, 0.717) is 29.4 Å². The number of halogens is 1. The third-order valence-electron chi connectivity index (χ3n) is 5.55. The van der Waals surface area contributed by atoms with E-state index < -0.39 is 15.8 Å². The Bertz CT molecular complexity index is 1310. The van der Waals surface area contributed by atoms with Gasteiger partial charge in [0, 0.05) is 24.3 Å². The molecular weight excluding hydrogens is 532 g/mol. The first-order valence-electron chi connectivity index (χ1n) is 12.0. The second-order valence-corrected chi connectivity index (χ2v) is 10.9. The second kappa shape index (κ2) is 12.9. The minimum absolute atomic E-state index is 0.00549. The highest BCUT2D eigenvalue weighted by atomic mass is 35.5. The van der Waals surface area contributed by atoms with E-state index in [9.17, 15) is 13.2 Å². The number of amides is 1. The lowest BCUT2D eigenvalue weighted by molar-refractivity contribution is 0.0772. The van der Waals surface area contributed by atoms with Gasteiger partial charge in [-0.2, -0.15) is 13.4 Å². The molecule has 1 amide bonds. The van der Waals surface area contributed by atoms with Crippen molar-refractivity contribution in [2.24, 2.45) is 21.5 Å². The molecule has 0 radical (unpaired) electrons. The van der Waals surface area contributed by atoms with Crippen LogP contribution in [-0.4, -0.2) is 60.2 Å². The molecule has 0 saturated heterocycles. The molecule has 0 unspecified atom stereocenters. The molecule has 0 aromatic heterocycles. The molecule has 208 valence electrons. The van der Waals surface area contributed by atoms with Gasteiger partial charge in [-0.25, -0.2) is 4.99 Å². The number of carbonyl (C=O) groups is 1. The number of aliphatic imine (C=N–C) groups is 2. The molecule has 0 atom stereocenters. The predicted molar refractivity (Wildman–Crippen MR) is 151 cm³/mol. The van der Waals surface area contributed by atoms with Gasteiger partial charge in [0.05, 0.1) is 10.8 Å². The van der Waals surface area contributed by atoms with Gasteiger partial charge in [0.25, 0.3) is 16.0 Å². The number of benzene rings is 2. The summed E-state index contributed by atoms with van der Waals surface area (Å²) < 4.78 is 32.8. The van der Waals surface area contributed by atoms with Crippen LogP contribution in [0.4, 0.5) is 5.69 Å². The van der Waals surface area contributed by atoms with Crippen molar-refractivity contribution in [3.63, 3.8) is 0 Å². The lowest BCUT2D eigenvalue weighted by Crippen LogP contribution is -2.54. The van der Waals surface area contributed by atoms with Crippen LogP contribution in [0.2, 0.25) is 5.02 Å². The van der Waals surface area contributed by atoms with Crippen molar-refractivity contribution in [2.75, 3.05) is 23.7 Å². The third-order valence-corrected chi connectivity index (χ3v) is 6.58. The summed E-state index contributed by atoms with van der Waals surface area (Å²) in [4.78, 5) is 24.5. The zero-order chi connectivity index (χ0) is 28.7. The fourth-order valence-corrected chi connectivity index (χ4v) is 3.88. The first-order valence-corrected chi connectivity index (χ1v) is 14.0. The van der Waals surface area contributed by atoms with E-state index in [-0.39, 0.29) is 30.2 Å². The van der Waals surface area contributed by atoms with E-state index in [1.807, 2.05) is 58.0 Å². The number of nitrogens with two attached hydrogens (primary N) is 2. The van der Waals surface area contributed by atoms with Crippen molar-refractivity contribution in [1.29, 1.82) is 0 Å². The van der Waals surface area contributed by atoms with E-state index in [0.717, 1.165) is 11.3 Å². The largest absolute Gasteiger partial charge is 0.487 e. The minimum Gasteiger partial charge on any atom is -0.487 e. The lowest BCUT2D eigenvalue weighted by Gasteiger charge is -2.38. The van der Waals surface area contributed by atoms with E-state index in [2.05, 4.69) is 9.98 Å². The van der Waals surface area contributed by atoms with Crippen LogP contribution in [0.3, 0.4) is 0 Å². The molecule has 11 nitrogen and oxygen atoms in total. The van der Waals surface area contributed by atoms with E-state index in [1.54, 1.807) is 21.9 Å². The van der Waals surface area contributed by atoms with Gasteiger partial charge < -0.3 is 21.1 Å². The Kier molecular flexibility index (Phi) is 10.5. The van der Waals surface area contributed by atoms with Crippen LogP contribution in [0, 0.1) is 0 Å². The zero-order valence-corrected chi connectivity index (χ0v) is 23.8. The Labute approximate surface area is 228 Å². The first kappa shape index (κ1) is 30.9. The molecule has 0 spiro atoms. The van der Waals surface area contributed by atoms with Gasteiger partial charge in [0.2, 0.25) is 11.9 Å². The molecule has 0 aliphatic carbocycles. The van der Waals surface area contributed by atoms with Crippen LogP contribution < -0.4 is 21.1 Å². The molecule has 0 bridgehead atoms. The van der Waals surface area contributed by atoms with Gasteiger partial charge in [-0.15, -0.1) is 0 Å². The topological polar surface area (TPSA) is 164 Å². The maximum Gasteiger partial charge on any atom is 0.264 e. The number of hydrogen-bond acceptors (Lipinski definition) is 9. The smallest absolute Gasteiger partial charge is 0.264 e. The van der Waals surface area contributed by atoms with Crippen LogP contribution >= 0.6 is 11.6 Å². The van der Waals surface area contributed by atoms with Crippen molar-refractivity contribution in [3.05, 3.63) is 58.6 Å². The van der Waals surface area contributed by atoms with Crippen molar-refractivity contribution < 1.29 is 22.5 Å². The Morgan fingerprint density at radius 2 is 1.76 bits per heavy atom. The van der Waals surface area contributed by atoms with Crippen LogP contribution in [0.5, 0.6) is 5.75 Å². The molecule has 2 aromatic carbocycles. The SMILES string of the molecule is CCN(CC)C(=O)c1cccc(COc2ccc(N3C(N)=NC(N)=NC3(C)C)cc2Cl)c1.CCS(=O)(=O)O. The van der Waals surface area contributed by atoms with Crippen molar-refractivity contribution in [3.8, 4) is 5.75 Å². The summed E-state index contributed by atoms with van der Waals surface area (Å²) in [6, 6.07) is 12.8. The quantitative estimate of drug-likeness (QED) is 0.409. The van der Waals surface area contributed by atoms with E-state index in [4.69, 9.17) is 32.4 Å². The second-order valence-electron chi connectivity index (χ2n) is 8.72. The van der Waals surface area contributed by atoms with E-state index in [1.165, 1.54) is 6.92 Å². The number of ether oxygens (including phenoxy) is 1. The summed E-state index contributed by atoms with van der Waals surface area (Å²) >= 11 is 6.49. The maximum absolute atomic E-state index is 12.6. The number of guanidine groups is 2. The summed E-state index contributed by atoms with van der Waals surface area (Å²) in [5.74, 6) is 0.695. The summed E-state index contributed by atoms with van der Waals surface area (Å²) in [5.41, 5.74) is 13.4. The van der Waals surface area contributed by atoms with Gasteiger partial charge in [-0.1, -0.05) is 23.7 Å². The van der Waals surface area contributed by atoms with Crippen LogP contribution in [0.1, 0.15) is 50.5 Å². The van der Waals surface area contributed by atoms with Crippen molar-refractivity contribution in [1.82, 2.24) is 4.90 Å². The first-order chi connectivity index (χ1) is 17.7. The highest BCUT2D eigenvalue weighted by Gasteiger charge is 2.33. The highest BCUT2D eigenvalue weighted by Crippen LogP contribution is 2.34. The summed E-state index contributed by atoms with van der Waals surface area (Å²) in [5, 5.41) is 0.420. The van der Waals surface area contributed by atoms with Gasteiger partial charge in [-0.3, -0.25) is 14.2 Å². The van der Waals surface area contributed by atoms with Gasteiger partial charge in [-0.05, 0) is 70.5 Å². The van der Waals surface area contributed by atoms with Gasteiger partial charge in [0.1, 0.15) is 18.0 Å². The molecule has 38 heavy (non-hydrogen) atoms. The maximum atomic E-state index is 12.6. The summed E-state index contributed by atoms with van der Waals surface area (Å²) in [6.07, 6.45) is 0. The average Bonchev–Trinajstić information content (AvgIpc) is 2.83. The van der Waals surface area contributed by atoms with Gasteiger partial charge in [0.15, 0.2) is 0 Å². The Hall–Kier alpha value is -3.35. The third kappa shape index (κ3) is 8.33. The number of nitrogens with zero attached hydrogens (tertiary/aromatic N) is 4. The lowest BCUT2D eigenvalue weighted by atomic mass is 10.1. The van der Waals surface area contributed by atoms with Crippen LogP contribution in [-0.2, 0) is 16.7 Å². The molecule has 0 fully saturated rings. The molecular formula is C25H35ClN6O5S.